The number of rotatable bonds is 4. The summed E-state index contributed by atoms with van der Waals surface area (Å²) in [7, 11) is 3.20. The highest BCUT2D eigenvalue weighted by Gasteiger charge is 2.27. The second kappa shape index (κ2) is 5.59. The van der Waals surface area contributed by atoms with Crippen LogP contribution in [0.2, 0.25) is 0 Å². The molecule has 2 atom stereocenters. The fourth-order valence-electron chi connectivity index (χ4n) is 2.37. The average molecular weight is 252 g/mol. The lowest BCUT2D eigenvalue weighted by Crippen LogP contribution is -2.18. The molecule has 2 unspecified atom stereocenters. The molecule has 1 aliphatic rings. The molecule has 18 heavy (non-hydrogen) atoms. The normalized spacial score (nSPS) is 20.8. The lowest BCUT2D eigenvalue weighted by Gasteiger charge is -2.21. The number of aryl methyl sites for hydroxylation is 1. The zero-order chi connectivity index (χ0) is 13.1. The van der Waals surface area contributed by atoms with Gasteiger partial charge in [-0.2, -0.15) is 0 Å². The smallest absolute Gasteiger partial charge is 0.161 e. The maximum Gasteiger partial charge on any atom is 0.161 e. The molecule has 0 aliphatic carbocycles. The lowest BCUT2D eigenvalue weighted by atomic mass is 9.97. The van der Waals surface area contributed by atoms with Gasteiger partial charge >= 0.3 is 0 Å². The van der Waals surface area contributed by atoms with E-state index in [0.717, 1.165) is 30.6 Å². The minimum Gasteiger partial charge on any atom is -0.493 e. The first-order valence-corrected chi connectivity index (χ1v) is 6.19. The third-order valence-electron chi connectivity index (χ3n) is 3.41. The zero-order valence-electron chi connectivity index (χ0n) is 11.1. The number of methoxy groups -OCH3 is 2. The molecule has 1 N–H and O–H groups in total. The Morgan fingerprint density at radius 2 is 1.94 bits per heavy atom. The van der Waals surface area contributed by atoms with E-state index < -0.39 is 6.10 Å². The van der Waals surface area contributed by atoms with E-state index in [1.165, 1.54) is 0 Å². The Hall–Kier alpha value is -1.26. The van der Waals surface area contributed by atoms with Crippen LogP contribution in [-0.4, -0.2) is 32.0 Å². The van der Waals surface area contributed by atoms with E-state index in [2.05, 4.69) is 0 Å². The molecule has 0 bridgehead atoms. The minimum atomic E-state index is -0.604. The summed E-state index contributed by atoms with van der Waals surface area (Å²) < 4.78 is 16.0. The van der Waals surface area contributed by atoms with Gasteiger partial charge < -0.3 is 19.3 Å². The van der Waals surface area contributed by atoms with Gasteiger partial charge in [0.1, 0.15) is 6.10 Å². The van der Waals surface area contributed by atoms with Gasteiger partial charge in [0.25, 0.3) is 0 Å². The number of hydrogen-bond acceptors (Lipinski definition) is 4. The van der Waals surface area contributed by atoms with Gasteiger partial charge in [-0.1, -0.05) is 0 Å². The topological polar surface area (TPSA) is 47.9 Å². The highest BCUT2D eigenvalue weighted by Crippen LogP contribution is 2.36. The Morgan fingerprint density at radius 1 is 1.28 bits per heavy atom. The van der Waals surface area contributed by atoms with E-state index in [0.29, 0.717) is 11.5 Å². The highest BCUT2D eigenvalue weighted by molar-refractivity contribution is 5.48. The van der Waals surface area contributed by atoms with Gasteiger partial charge in [0.2, 0.25) is 0 Å². The molecule has 4 nitrogen and oxygen atoms in total. The number of aliphatic hydroxyl groups excluding tert-OH is 1. The number of ether oxygens (including phenoxy) is 3. The Kier molecular flexibility index (Phi) is 4.09. The SMILES string of the molecule is COc1cc(C)c(C(O)C2CCCO2)cc1OC. The number of aliphatic hydroxyl groups is 1. The number of hydrogen-bond donors (Lipinski definition) is 1. The van der Waals surface area contributed by atoms with Crippen LogP contribution in [0.4, 0.5) is 0 Å². The molecule has 1 fully saturated rings. The van der Waals surface area contributed by atoms with Crippen LogP contribution in [0.25, 0.3) is 0 Å². The summed E-state index contributed by atoms with van der Waals surface area (Å²) in [6, 6.07) is 3.72. The zero-order valence-corrected chi connectivity index (χ0v) is 11.1. The van der Waals surface area contributed by atoms with Gasteiger partial charge in [-0.15, -0.1) is 0 Å². The summed E-state index contributed by atoms with van der Waals surface area (Å²) in [6.07, 6.45) is 1.19. The summed E-state index contributed by atoms with van der Waals surface area (Å²) in [5.41, 5.74) is 1.83. The number of benzene rings is 1. The summed E-state index contributed by atoms with van der Waals surface area (Å²) in [6.45, 7) is 2.68. The molecule has 2 rings (SSSR count). The van der Waals surface area contributed by atoms with E-state index in [-0.39, 0.29) is 6.10 Å². The van der Waals surface area contributed by atoms with Crippen LogP contribution in [0.3, 0.4) is 0 Å². The standard InChI is InChI=1S/C14H20O4/c1-9-7-12(16-2)13(17-3)8-10(9)14(15)11-5-4-6-18-11/h7-8,11,14-15H,4-6H2,1-3H3. The molecule has 4 heteroatoms. The van der Waals surface area contributed by atoms with Crippen LogP contribution in [0.5, 0.6) is 11.5 Å². The second-order valence-electron chi connectivity index (χ2n) is 4.56. The van der Waals surface area contributed by atoms with Crippen LogP contribution < -0.4 is 9.47 Å². The summed E-state index contributed by atoms with van der Waals surface area (Å²) in [5.74, 6) is 1.31. The Labute approximate surface area is 107 Å². The van der Waals surface area contributed by atoms with Gasteiger partial charge in [-0.25, -0.2) is 0 Å². The van der Waals surface area contributed by atoms with Crippen LogP contribution in [-0.2, 0) is 4.74 Å². The fraction of sp³-hybridized carbons (Fsp3) is 0.571. The monoisotopic (exact) mass is 252 g/mol. The Morgan fingerprint density at radius 3 is 2.50 bits per heavy atom. The molecule has 1 aliphatic heterocycles. The van der Waals surface area contributed by atoms with Crippen molar-refractivity contribution in [1.29, 1.82) is 0 Å². The van der Waals surface area contributed by atoms with Gasteiger partial charge in [-0.3, -0.25) is 0 Å². The first-order chi connectivity index (χ1) is 8.67. The average Bonchev–Trinajstić information content (AvgIpc) is 2.91. The molecule has 0 saturated carbocycles. The third-order valence-corrected chi connectivity index (χ3v) is 3.41. The maximum absolute atomic E-state index is 10.4. The molecular formula is C14H20O4. The third kappa shape index (κ3) is 2.44. The second-order valence-corrected chi connectivity index (χ2v) is 4.56. The molecule has 0 radical (unpaired) electrons. The van der Waals surface area contributed by atoms with E-state index in [4.69, 9.17) is 14.2 Å². The molecule has 0 aromatic heterocycles. The Balaban J connectivity index is 2.31. The summed E-state index contributed by atoms with van der Waals surface area (Å²) >= 11 is 0. The molecule has 1 saturated heterocycles. The molecular weight excluding hydrogens is 232 g/mol. The summed E-state index contributed by atoms with van der Waals surface area (Å²) in [4.78, 5) is 0. The lowest BCUT2D eigenvalue weighted by molar-refractivity contribution is -0.00299. The van der Waals surface area contributed by atoms with Crippen molar-refractivity contribution in [3.05, 3.63) is 23.3 Å². The van der Waals surface area contributed by atoms with Gasteiger partial charge in [0.15, 0.2) is 11.5 Å². The first-order valence-electron chi connectivity index (χ1n) is 6.19. The van der Waals surface area contributed by atoms with E-state index in [1.807, 2.05) is 19.1 Å². The molecule has 1 aromatic carbocycles. The van der Waals surface area contributed by atoms with Crippen molar-refractivity contribution in [1.82, 2.24) is 0 Å². The maximum atomic E-state index is 10.4. The van der Waals surface area contributed by atoms with E-state index >= 15 is 0 Å². The van der Waals surface area contributed by atoms with Crippen molar-refractivity contribution in [3.63, 3.8) is 0 Å². The molecule has 0 spiro atoms. The predicted octanol–water partition coefficient (Wildman–Crippen LogP) is 2.22. The van der Waals surface area contributed by atoms with E-state index in [1.54, 1.807) is 14.2 Å². The van der Waals surface area contributed by atoms with Crippen molar-refractivity contribution in [2.75, 3.05) is 20.8 Å². The molecule has 1 heterocycles. The van der Waals surface area contributed by atoms with Gasteiger partial charge in [0.05, 0.1) is 20.3 Å². The van der Waals surface area contributed by atoms with Crippen LogP contribution >= 0.6 is 0 Å². The molecule has 100 valence electrons. The van der Waals surface area contributed by atoms with E-state index in [9.17, 15) is 5.11 Å². The van der Waals surface area contributed by atoms with Crippen LogP contribution in [0.1, 0.15) is 30.1 Å². The van der Waals surface area contributed by atoms with Gasteiger partial charge in [-0.05, 0) is 43.0 Å². The predicted molar refractivity (Wildman–Crippen MR) is 68.2 cm³/mol. The van der Waals surface area contributed by atoms with Crippen molar-refractivity contribution < 1.29 is 19.3 Å². The quantitative estimate of drug-likeness (QED) is 0.892. The fourth-order valence-corrected chi connectivity index (χ4v) is 2.37. The van der Waals surface area contributed by atoms with Crippen molar-refractivity contribution in [2.45, 2.75) is 32.0 Å². The highest BCUT2D eigenvalue weighted by atomic mass is 16.5. The van der Waals surface area contributed by atoms with Crippen molar-refractivity contribution in [2.24, 2.45) is 0 Å². The minimum absolute atomic E-state index is 0.109. The van der Waals surface area contributed by atoms with Crippen molar-refractivity contribution >= 4 is 0 Å². The summed E-state index contributed by atoms with van der Waals surface area (Å²) in [5, 5.41) is 10.4. The Bertz CT molecular complexity index is 411. The van der Waals surface area contributed by atoms with Gasteiger partial charge in [0, 0.05) is 6.61 Å². The van der Waals surface area contributed by atoms with Crippen LogP contribution in [0, 0.1) is 6.92 Å². The largest absolute Gasteiger partial charge is 0.493 e. The first kappa shape index (κ1) is 13.2. The van der Waals surface area contributed by atoms with Crippen LogP contribution in [0.15, 0.2) is 12.1 Å². The molecule has 0 amide bonds. The van der Waals surface area contributed by atoms with Crippen molar-refractivity contribution in [3.8, 4) is 11.5 Å². The molecule has 1 aromatic rings.